The van der Waals surface area contributed by atoms with Crippen molar-refractivity contribution in [3.05, 3.63) is 0 Å². The molecule has 0 heterocycles. The average molecular weight is 795 g/mol. The lowest BCUT2D eigenvalue weighted by Crippen LogP contribution is -2.15. The van der Waals surface area contributed by atoms with Crippen LogP contribution in [-0.4, -0.2) is 145 Å². The minimum absolute atomic E-state index is 0.528. The Morgan fingerprint density at radius 3 is 0.455 bits per heavy atom. The normalized spacial score (nSPS) is 11.7. The molecule has 0 amide bonds. The van der Waals surface area contributed by atoms with Gasteiger partial charge in [0.1, 0.15) is 0 Å². The van der Waals surface area contributed by atoms with Crippen LogP contribution in [0, 0.1) is 0 Å². The first-order chi connectivity index (χ1) is 27.4. The number of ether oxygens (including phenoxy) is 11. The van der Waals surface area contributed by atoms with Crippen LogP contribution in [0.25, 0.3) is 0 Å². The molecule has 0 aromatic rings. The molecule has 0 aromatic carbocycles. The van der Waals surface area contributed by atoms with E-state index in [2.05, 4.69) is 13.8 Å². The van der Waals surface area contributed by atoms with E-state index in [-0.39, 0.29) is 0 Å². The highest BCUT2D eigenvalue weighted by molar-refractivity contribution is 4.50. The van der Waals surface area contributed by atoms with Crippen LogP contribution >= 0.6 is 0 Å². The molecule has 0 saturated heterocycles. The van der Waals surface area contributed by atoms with Crippen molar-refractivity contribution in [1.29, 1.82) is 0 Å². The lowest BCUT2D eigenvalue weighted by atomic mass is 10.0. The summed E-state index contributed by atoms with van der Waals surface area (Å²) in [5, 5.41) is 0. The van der Waals surface area contributed by atoms with Gasteiger partial charge in [0.25, 0.3) is 0 Å². The minimum Gasteiger partial charge on any atom is -0.379 e. The summed E-state index contributed by atoms with van der Waals surface area (Å²) in [4.78, 5) is 0. The molecule has 0 radical (unpaired) electrons. The van der Waals surface area contributed by atoms with E-state index in [1.54, 1.807) is 0 Å². The third-order valence-corrected chi connectivity index (χ3v) is 9.00. The zero-order chi connectivity index (χ0) is 39.5. The minimum atomic E-state index is 0.528. The zero-order valence-corrected chi connectivity index (χ0v) is 36.2. The van der Waals surface area contributed by atoms with Crippen LogP contribution in [0.15, 0.2) is 0 Å². The van der Waals surface area contributed by atoms with Gasteiger partial charge in [-0.15, -0.1) is 0 Å². The molecule has 0 atom stereocenters. The molecule has 0 aromatic heterocycles. The molecule has 0 bridgehead atoms. The lowest BCUT2D eigenvalue weighted by molar-refractivity contribution is -0.0275. The summed E-state index contributed by atoms with van der Waals surface area (Å²) in [7, 11) is 0. The second kappa shape index (κ2) is 53.6. The first-order valence-corrected chi connectivity index (χ1v) is 22.8. The number of rotatable bonds is 52. The molecule has 332 valence electrons. The SMILES string of the molecule is CCCCCCCCCCCCCCCCCCOCCOCCOCCOCCOCCOCCOCCOCCOCCOCCOCCCCCC. The summed E-state index contributed by atoms with van der Waals surface area (Å²) < 4.78 is 61.0. The van der Waals surface area contributed by atoms with Crippen LogP contribution < -0.4 is 0 Å². The fourth-order valence-corrected chi connectivity index (χ4v) is 5.68. The quantitative estimate of drug-likeness (QED) is 0.0552. The van der Waals surface area contributed by atoms with Gasteiger partial charge in [0, 0.05) is 13.2 Å². The summed E-state index contributed by atoms with van der Waals surface area (Å²) in [6.07, 6.45) is 27.1. The highest BCUT2D eigenvalue weighted by atomic mass is 16.6. The molecule has 0 fully saturated rings. The Bertz CT molecular complexity index is 595. The van der Waals surface area contributed by atoms with Crippen molar-refractivity contribution in [3.8, 4) is 0 Å². The molecule has 0 aliphatic carbocycles. The van der Waals surface area contributed by atoms with Crippen LogP contribution in [-0.2, 0) is 52.1 Å². The molecule has 0 aliphatic rings. The first-order valence-electron chi connectivity index (χ1n) is 22.8. The summed E-state index contributed by atoms with van der Waals surface area (Å²) >= 11 is 0. The van der Waals surface area contributed by atoms with E-state index >= 15 is 0 Å². The van der Waals surface area contributed by atoms with Crippen LogP contribution in [0.3, 0.4) is 0 Å². The maximum atomic E-state index is 5.70. The van der Waals surface area contributed by atoms with E-state index in [0.717, 1.165) is 26.1 Å². The monoisotopic (exact) mass is 795 g/mol. The molecule has 0 spiro atoms. The van der Waals surface area contributed by atoms with Crippen LogP contribution in [0.4, 0.5) is 0 Å². The second-order valence-corrected chi connectivity index (χ2v) is 14.1. The Kier molecular flexibility index (Phi) is 53.1. The summed E-state index contributed by atoms with van der Waals surface area (Å²) in [6.45, 7) is 17.4. The maximum Gasteiger partial charge on any atom is 0.0701 e. The highest BCUT2D eigenvalue weighted by Crippen LogP contribution is 2.13. The molecule has 0 saturated carbocycles. The second-order valence-electron chi connectivity index (χ2n) is 14.1. The van der Waals surface area contributed by atoms with Gasteiger partial charge < -0.3 is 52.1 Å². The van der Waals surface area contributed by atoms with Crippen molar-refractivity contribution in [1.82, 2.24) is 0 Å². The van der Waals surface area contributed by atoms with Gasteiger partial charge in [-0.1, -0.05) is 129 Å². The van der Waals surface area contributed by atoms with Crippen LogP contribution in [0.2, 0.25) is 0 Å². The van der Waals surface area contributed by atoms with Gasteiger partial charge in [0.2, 0.25) is 0 Å². The molecular formula is C44H90O11. The third kappa shape index (κ3) is 53.6. The van der Waals surface area contributed by atoms with E-state index in [9.17, 15) is 0 Å². The van der Waals surface area contributed by atoms with Crippen molar-refractivity contribution >= 4 is 0 Å². The zero-order valence-electron chi connectivity index (χ0n) is 36.2. The van der Waals surface area contributed by atoms with Crippen LogP contribution in [0.5, 0.6) is 0 Å². The fourth-order valence-electron chi connectivity index (χ4n) is 5.68. The van der Waals surface area contributed by atoms with E-state index in [0.29, 0.717) is 132 Å². The molecule has 11 heteroatoms. The van der Waals surface area contributed by atoms with E-state index in [1.807, 2.05) is 0 Å². The summed E-state index contributed by atoms with van der Waals surface area (Å²) in [5.41, 5.74) is 0. The molecular weight excluding hydrogens is 704 g/mol. The predicted octanol–water partition coefficient (Wildman–Crippen LogP) is 9.01. The van der Waals surface area contributed by atoms with E-state index < -0.39 is 0 Å². The molecule has 55 heavy (non-hydrogen) atoms. The first kappa shape index (κ1) is 54.6. The van der Waals surface area contributed by atoms with Crippen molar-refractivity contribution in [2.24, 2.45) is 0 Å². The van der Waals surface area contributed by atoms with Gasteiger partial charge in [0.15, 0.2) is 0 Å². The van der Waals surface area contributed by atoms with Crippen molar-refractivity contribution in [2.75, 3.05) is 145 Å². The van der Waals surface area contributed by atoms with Crippen LogP contribution in [0.1, 0.15) is 142 Å². The Labute approximate surface area is 339 Å². The topological polar surface area (TPSA) is 102 Å². The third-order valence-electron chi connectivity index (χ3n) is 9.00. The van der Waals surface area contributed by atoms with Gasteiger partial charge in [-0.2, -0.15) is 0 Å². The van der Waals surface area contributed by atoms with E-state index in [4.69, 9.17) is 52.1 Å². The Balaban J connectivity index is 3.05. The lowest BCUT2D eigenvalue weighted by Gasteiger charge is -2.09. The average Bonchev–Trinajstić information content (AvgIpc) is 3.20. The smallest absolute Gasteiger partial charge is 0.0701 e. The maximum absolute atomic E-state index is 5.70. The molecule has 0 unspecified atom stereocenters. The molecule has 0 aliphatic heterocycles. The molecule has 0 N–H and O–H groups in total. The summed E-state index contributed by atoms with van der Waals surface area (Å²) in [5.74, 6) is 0. The van der Waals surface area contributed by atoms with Gasteiger partial charge in [0.05, 0.1) is 132 Å². The van der Waals surface area contributed by atoms with Gasteiger partial charge in [-0.05, 0) is 12.8 Å². The highest BCUT2D eigenvalue weighted by Gasteiger charge is 1.98. The Morgan fingerprint density at radius 2 is 0.273 bits per heavy atom. The fraction of sp³-hybridized carbons (Fsp3) is 1.00. The van der Waals surface area contributed by atoms with Gasteiger partial charge in [-0.25, -0.2) is 0 Å². The predicted molar refractivity (Wildman–Crippen MR) is 223 cm³/mol. The van der Waals surface area contributed by atoms with E-state index in [1.165, 1.54) is 116 Å². The number of unbranched alkanes of at least 4 members (excludes halogenated alkanes) is 18. The Morgan fingerprint density at radius 1 is 0.145 bits per heavy atom. The van der Waals surface area contributed by atoms with Crippen molar-refractivity contribution in [2.45, 2.75) is 142 Å². The number of hydrogen-bond acceptors (Lipinski definition) is 11. The molecule has 11 nitrogen and oxygen atoms in total. The van der Waals surface area contributed by atoms with Crippen molar-refractivity contribution in [3.63, 3.8) is 0 Å². The van der Waals surface area contributed by atoms with Crippen molar-refractivity contribution < 1.29 is 52.1 Å². The summed E-state index contributed by atoms with van der Waals surface area (Å²) in [6, 6.07) is 0. The number of hydrogen-bond donors (Lipinski definition) is 0. The Hall–Kier alpha value is -0.440. The van der Waals surface area contributed by atoms with Gasteiger partial charge >= 0.3 is 0 Å². The largest absolute Gasteiger partial charge is 0.379 e. The van der Waals surface area contributed by atoms with Gasteiger partial charge in [-0.3, -0.25) is 0 Å². The molecule has 0 rings (SSSR count). The standard InChI is InChI=1S/C44H90O11/c1-3-5-7-9-10-11-12-13-14-15-16-17-18-19-20-22-24-46-26-28-48-30-32-50-34-36-52-38-40-54-42-44-55-43-41-53-39-37-51-35-33-49-31-29-47-27-25-45-23-21-8-6-4-2/h3-44H2,1-2H3.